The van der Waals surface area contributed by atoms with Gasteiger partial charge in [-0.25, -0.2) is 4.79 Å². The van der Waals surface area contributed by atoms with Gasteiger partial charge in [-0.3, -0.25) is 5.32 Å². The fourth-order valence-corrected chi connectivity index (χ4v) is 1.08. The quantitative estimate of drug-likeness (QED) is 0.731. The molecule has 0 aliphatic carbocycles. The maximum Gasteiger partial charge on any atom is 0.413 e. The second-order valence-corrected chi connectivity index (χ2v) is 4.96. The van der Waals surface area contributed by atoms with Crippen LogP contribution in [0, 0.1) is 11.8 Å². The summed E-state index contributed by atoms with van der Waals surface area (Å²) in [4.78, 5) is 11.2. The average Bonchev–Trinajstić information content (AvgIpc) is 2.14. The first kappa shape index (κ1) is 15.2. The predicted molar refractivity (Wildman–Crippen MR) is 69.4 cm³/mol. The summed E-state index contributed by atoms with van der Waals surface area (Å²) >= 11 is 4.94. The first-order valence-electron chi connectivity index (χ1n) is 5.63. The zero-order chi connectivity index (χ0) is 12.6. The van der Waals surface area contributed by atoms with Crippen molar-refractivity contribution in [2.24, 2.45) is 11.8 Å². The number of amides is 1. The van der Waals surface area contributed by atoms with Crippen LogP contribution in [0.15, 0.2) is 0 Å². The lowest BCUT2D eigenvalue weighted by Crippen LogP contribution is -2.40. The molecule has 1 amide bonds. The molecule has 0 unspecified atom stereocenters. The molecular weight excluding hydrogens is 224 g/mol. The van der Waals surface area contributed by atoms with Gasteiger partial charge in [0.15, 0.2) is 5.11 Å². The minimum Gasteiger partial charge on any atom is -0.449 e. The number of nitrogens with one attached hydrogen (secondary N) is 2. The second kappa shape index (κ2) is 8.33. The molecule has 0 aliphatic rings. The summed E-state index contributed by atoms with van der Waals surface area (Å²) in [5.41, 5.74) is 0. The number of alkyl carbamates (subject to hydrolysis) is 1. The van der Waals surface area contributed by atoms with E-state index < -0.39 is 6.09 Å². The van der Waals surface area contributed by atoms with E-state index in [9.17, 15) is 4.79 Å². The van der Waals surface area contributed by atoms with Crippen LogP contribution < -0.4 is 10.6 Å². The summed E-state index contributed by atoms with van der Waals surface area (Å²) in [5, 5.41) is 5.75. The molecular formula is C11H22N2O2S. The van der Waals surface area contributed by atoms with E-state index in [-0.39, 0.29) is 0 Å². The number of carbonyl (C=O) groups is 1. The molecule has 0 aromatic heterocycles. The lowest BCUT2D eigenvalue weighted by Gasteiger charge is -2.11. The van der Waals surface area contributed by atoms with Crippen molar-refractivity contribution in [1.29, 1.82) is 0 Å². The zero-order valence-electron chi connectivity index (χ0n) is 10.5. The van der Waals surface area contributed by atoms with E-state index in [4.69, 9.17) is 17.0 Å². The Morgan fingerprint density at radius 2 is 1.88 bits per heavy atom. The summed E-state index contributed by atoms with van der Waals surface area (Å²) in [6, 6.07) is 0. The van der Waals surface area contributed by atoms with Crippen LogP contribution in [0.2, 0.25) is 0 Å². The van der Waals surface area contributed by atoms with Gasteiger partial charge in [0, 0.05) is 6.54 Å². The number of ether oxygens (including phenoxy) is 1. The van der Waals surface area contributed by atoms with Gasteiger partial charge in [-0.1, -0.05) is 27.7 Å². The van der Waals surface area contributed by atoms with Crippen molar-refractivity contribution in [3.63, 3.8) is 0 Å². The molecule has 0 bridgehead atoms. The van der Waals surface area contributed by atoms with E-state index in [1.165, 1.54) is 0 Å². The highest BCUT2D eigenvalue weighted by atomic mass is 32.1. The summed E-state index contributed by atoms with van der Waals surface area (Å²) in [7, 11) is 0. The Labute approximate surface area is 103 Å². The molecule has 0 atom stereocenters. The van der Waals surface area contributed by atoms with E-state index in [1.54, 1.807) is 0 Å². The lowest BCUT2D eigenvalue weighted by molar-refractivity contribution is 0.138. The highest BCUT2D eigenvalue weighted by Gasteiger charge is 2.06. The van der Waals surface area contributed by atoms with Crippen molar-refractivity contribution in [1.82, 2.24) is 10.6 Å². The van der Waals surface area contributed by atoms with Crippen LogP contribution in [-0.4, -0.2) is 24.4 Å². The van der Waals surface area contributed by atoms with Gasteiger partial charge in [0.1, 0.15) is 0 Å². The van der Waals surface area contributed by atoms with Crippen molar-refractivity contribution in [3.8, 4) is 0 Å². The van der Waals surface area contributed by atoms with Gasteiger partial charge in [0.25, 0.3) is 0 Å². The van der Waals surface area contributed by atoms with Crippen LogP contribution >= 0.6 is 12.2 Å². The van der Waals surface area contributed by atoms with Crippen molar-refractivity contribution >= 4 is 23.4 Å². The Morgan fingerprint density at radius 1 is 1.25 bits per heavy atom. The van der Waals surface area contributed by atoms with Gasteiger partial charge in [0.05, 0.1) is 6.61 Å². The van der Waals surface area contributed by atoms with Crippen LogP contribution in [-0.2, 0) is 4.74 Å². The minimum absolute atomic E-state index is 0.327. The van der Waals surface area contributed by atoms with Crippen LogP contribution in [0.5, 0.6) is 0 Å². The Morgan fingerprint density at radius 3 is 2.38 bits per heavy atom. The smallest absolute Gasteiger partial charge is 0.413 e. The summed E-state index contributed by atoms with van der Waals surface area (Å²) in [6.07, 6.45) is 0.527. The molecule has 0 rings (SSSR count). The van der Waals surface area contributed by atoms with E-state index in [0.717, 1.165) is 13.0 Å². The van der Waals surface area contributed by atoms with E-state index >= 15 is 0 Å². The van der Waals surface area contributed by atoms with Gasteiger partial charge < -0.3 is 10.1 Å². The molecule has 0 spiro atoms. The molecule has 0 aliphatic heterocycles. The van der Waals surface area contributed by atoms with Crippen molar-refractivity contribution < 1.29 is 9.53 Å². The molecule has 0 aromatic carbocycles. The molecule has 0 saturated carbocycles. The van der Waals surface area contributed by atoms with Crippen molar-refractivity contribution in [2.45, 2.75) is 34.1 Å². The number of thiocarbonyl (C=S) groups is 1. The number of hydrogen-bond donors (Lipinski definition) is 2. The third-order valence-corrected chi connectivity index (χ3v) is 2.02. The highest BCUT2D eigenvalue weighted by Crippen LogP contribution is 1.96. The third-order valence-electron chi connectivity index (χ3n) is 1.77. The first-order valence-corrected chi connectivity index (χ1v) is 6.04. The minimum atomic E-state index is -0.490. The lowest BCUT2D eigenvalue weighted by atomic mass is 10.1. The maximum absolute atomic E-state index is 11.2. The molecule has 16 heavy (non-hydrogen) atoms. The molecule has 4 nitrogen and oxygen atoms in total. The number of carbonyl (C=O) groups excluding carboxylic acids is 1. The summed E-state index contributed by atoms with van der Waals surface area (Å²) < 4.78 is 4.92. The van der Waals surface area contributed by atoms with Gasteiger partial charge in [-0.2, -0.15) is 0 Å². The molecule has 0 fully saturated rings. The first-order chi connectivity index (χ1) is 7.41. The molecule has 0 heterocycles. The average molecular weight is 246 g/mol. The van der Waals surface area contributed by atoms with Crippen LogP contribution in [0.3, 0.4) is 0 Å². The molecule has 94 valence electrons. The van der Waals surface area contributed by atoms with E-state index in [0.29, 0.717) is 23.6 Å². The molecule has 5 heteroatoms. The molecule has 0 radical (unpaired) electrons. The van der Waals surface area contributed by atoms with Gasteiger partial charge in [-0.05, 0) is 30.5 Å². The second-order valence-electron chi connectivity index (χ2n) is 4.56. The molecule has 0 saturated heterocycles. The molecule has 0 aromatic rings. The normalized spacial score (nSPS) is 10.4. The van der Waals surface area contributed by atoms with Crippen LogP contribution in [0.25, 0.3) is 0 Å². The largest absolute Gasteiger partial charge is 0.449 e. The van der Waals surface area contributed by atoms with Crippen molar-refractivity contribution in [3.05, 3.63) is 0 Å². The molecule has 2 N–H and O–H groups in total. The van der Waals surface area contributed by atoms with Gasteiger partial charge >= 0.3 is 6.09 Å². The fourth-order valence-electron chi connectivity index (χ4n) is 0.890. The summed E-state index contributed by atoms with van der Waals surface area (Å²) in [6.45, 7) is 9.39. The van der Waals surface area contributed by atoms with E-state index in [2.05, 4.69) is 24.5 Å². The van der Waals surface area contributed by atoms with Gasteiger partial charge in [0.2, 0.25) is 0 Å². The Bertz CT molecular complexity index is 230. The Hall–Kier alpha value is -0.840. The van der Waals surface area contributed by atoms with E-state index in [1.807, 2.05) is 13.8 Å². The topological polar surface area (TPSA) is 50.4 Å². The Kier molecular flexibility index (Phi) is 7.89. The van der Waals surface area contributed by atoms with Crippen LogP contribution in [0.4, 0.5) is 4.79 Å². The monoisotopic (exact) mass is 246 g/mol. The predicted octanol–water partition coefficient (Wildman–Crippen LogP) is 2.29. The van der Waals surface area contributed by atoms with Crippen molar-refractivity contribution in [2.75, 3.05) is 13.2 Å². The SMILES string of the molecule is CC(C)CCNC(=S)NC(=O)OCC(C)C. The highest BCUT2D eigenvalue weighted by molar-refractivity contribution is 7.80. The third kappa shape index (κ3) is 9.71. The summed E-state index contributed by atoms with van der Waals surface area (Å²) in [5.74, 6) is 0.941. The van der Waals surface area contributed by atoms with Crippen LogP contribution in [0.1, 0.15) is 34.1 Å². The number of rotatable bonds is 5. The van der Waals surface area contributed by atoms with Gasteiger partial charge in [-0.15, -0.1) is 0 Å². The Balaban J connectivity index is 3.58. The number of hydrogen-bond acceptors (Lipinski definition) is 3. The maximum atomic E-state index is 11.2. The fraction of sp³-hybridized carbons (Fsp3) is 0.818. The zero-order valence-corrected chi connectivity index (χ0v) is 11.3. The standard InChI is InChI=1S/C11H22N2O2S/c1-8(2)5-6-12-10(16)13-11(14)15-7-9(3)4/h8-9H,5-7H2,1-4H3,(H2,12,13,14,16).